The average molecular weight is 1540 g/mol. The number of ether oxygens (including phenoxy) is 3. The molecule has 37 heteroatoms. The van der Waals surface area contributed by atoms with Crippen molar-refractivity contribution in [2.24, 2.45) is 45.4 Å². The molecule has 22 N–H and O–H groups in total. The second-order valence-corrected chi connectivity index (χ2v) is 29.6. The van der Waals surface area contributed by atoms with Crippen LogP contribution in [0.2, 0.25) is 0 Å². The fourth-order valence-electron chi connectivity index (χ4n) is 10.9. The molecule has 3 rings (SSSR count). The second kappa shape index (κ2) is 44.9. The highest BCUT2D eigenvalue weighted by molar-refractivity contribution is 6.00. The van der Waals surface area contributed by atoms with Crippen LogP contribution in [0.4, 0.5) is 9.59 Å². The molecule has 1 saturated heterocycles. The summed E-state index contributed by atoms with van der Waals surface area (Å²) in [5.41, 5.74) is 15.4. The molecule has 13 amide bonds. The number of carbonyl (C=O) groups excluding carboxylic acids is 14. The Labute approximate surface area is 634 Å². The van der Waals surface area contributed by atoms with E-state index >= 15 is 14.4 Å². The van der Waals surface area contributed by atoms with Crippen LogP contribution in [-0.4, -0.2) is 220 Å². The Hall–Kier alpha value is -10.3. The van der Waals surface area contributed by atoms with E-state index in [0.717, 1.165) is 6.92 Å². The van der Waals surface area contributed by atoms with Gasteiger partial charge >= 0.3 is 18.2 Å². The first kappa shape index (κ1) is 92.9. The van der Waals surface area contributed by atoms with Crippen molar-refractivity contribution in [3.63, 3.8) is 0 Å². The molecule has 1 aliphatic rings. The van der Waals surface area contributed by atoms with Gasteiger partial charge in [-0.1, -0.05) is 129 Å². The number of primary amides is 1. The summed E-state index contributed by atoms with van der Waals surface area (Å²) >= 11 is 0. The van der Waals surface area contributed by atoms with Gasteiger partial charge in [-0.25, -0.2) is 14.4 Å². The number of carbonyl (C=O) groups is 14. The first-order chi connectivity index (χ1) is 51.0. The van der Waals surface area contributed by atoms with Crippen molar-refractivity contribution in [2.75, 3.05) is 26.2 Å². The van der Waals surface area contributed by atoms with Gasteiger partial charge in [0.25, 0.3) is 0 Å². The summed E-state index contributed by atoms with van der Waals surface area (Å²) in [6, 6.07) is -3.36. The zero-order valence-corrected chi connectivity index (χ0v) is 64.2. The van der Waals surface area contributed by atoms with Crippen molar-refractivity contribution >= 4 is 89.1 Å². The SMILES string of the molecule is CC[C@H](C)C1NC(=O)[C@@H](CCCN=C(N)N)NC(=O)[C@H](CC(C)C)NC(=O)[C@H]([C@H](O)C(C)C)NC(=O)[C@@H](NC(=O)[C@H](CCCCNC(=O)OCc2ccccc2)NC(=O)[C@@H](CC(C)(C)C)NC(=O)OC(C)(C)C)[C@@H](c2ccccc2)OC(=O)[C@H](CO)NC(=O)[C@H]([C@H](O)C(N)=O)NC(=O)CNC(=O)C([C@H](C)O)NC1=O. The van der Waals surface area contributed by atoms with Crippen molar-refractivity contribution in [3.8, 4) is 0 Å². The number of unbranched alkanes of at least 4 members (excludes halogenated alkanes) is 1. The number of rotatable bonds is 28. The van der Waals surface area contributed by atoms with E-state index in [0.29, 0.717) is 5.56 Å². The number of nitrogens with one attached hydrogen (secondary N) is 12. The van der Waals surface area contributed by atoms with Gasteiger partial charge in [-0.05, 0) is 107 Å². The number of esters is 1. The minimum Gasteiger partial charge on any atom is -0.453 e. The summed E-state index contributed by atoms with van der Waals surface area (Å²) in [7, 11) is 0. The van der Waals surface area contributed by atoms with Crippen molar-refractivity contribution in [2.45, 2.75) is 238 Å². The van der Waals surface area contributed by atoms with E-state index in [1.807, 2.05) is 10.6 Å². The number of alkyl carbamates (subject to hydrolysis) is 2. The van der Waals surface area contributed by atoms with Crippen LogP contribution in [0.25, 0.3) is 0 Å². The van der Waals surface area contributed by atoms with Gasteiger partial charge in [-0.2, -0.15) is 0 Å². The Morgan fingerprint density at radius 1 is 0.633 bits per heavy atom. The van der Waals surface area contributed by atoms with Gasteiger partial charge in [0.15, 0.2) is 24.2 Å². The molecule has 0 saturated carbocycles. The number of aliphatic hydroxyl groups excluding tert-OH is 4. The molecule has 1 fully saturated rings. The molecule has 0 aromatic heterocycles. The molecule has 2 unspecified atom stereocenters. The van der Waals surface area contributed by atoms with Crippen LogP contribution >= 0.6 is 0 Å². The number of nitrogens with zero attached hydrogens (tertiary/aromatic N) is 1. The Kier molecular flexibility index (Phi) is 38.3. The van der Waals surface area contributed by atoms with Gasteiger partial charge in [0.2, 0.25) is 65.0 Å². The third kappa shape index (κ3) is 33.0. The number of aliphatic imine (C=N–C) groups is 1. The number of cyclic esters (lactones) is 1. The largest absolute Gasteiger partial charge is 0.453 e. The number of nitrogens with two attached hydrogens (primary N) is 3. The Morgan fingerprint density at radius 2 is 1.20 bits per heavy atom. The number of hydrogen-bond donors (Lipinski definition) is 19. The topological polar surface area (TPSA) is 582 Å². The van der Waals surface area contributed by atoms with Gasteiger partial charge in [0.05, 0.1) is 25.4 Å². The molecule has 0 spiro atoms. The van der Waals surface area contributed by atoms with Crippen LogP contribution in [0.3, 0.4) is 0 Å². The lowest BCUT2D eigenvalue weighted by Gasteiger charge is -2.34. The Balaban J connectivity index is 2.46. The van der Waals surface area contributed by atoms with E-state index in [2.05, 4.69) is 58.2 Å². The van der Waals surface area contributed by atoms with Gasteiger partial charge in [0, 0.05) is 13.1 Å². The van der Waals surface area contributed by atoms with E-state index in [9.17, 15) is 73.2 Å². The molecule has 1 heterocycles. The molecule has 0 bridgehead atoms. The summed E-state index contributed by atoms with van der Waals surface area (Å²) in [5, 5.41) is 74.0. The number of hydrogen-bond acceptors (Lipinski definition) is 22. The van der Waals surface area contributed by atoms with Crippen molar-refractivity contribution in [1.82, 2.24) is 63.8 Å². The maximum absolute atomic E-state index is 15.8. The molecule has 1 aliphatic heterocycles. The lowest BCUT2D eigenvalue weighted by atomic mass is 9.87. The molecular formula is C72H114N16O21. The van der Waals surface area contributed by atoms with Gasteiger partial charge in [-0.3, -0.25) is 57.7 Å². The second-order valence-electron chi connectivity index (χ2n) is 29.6. The molecule has 15 atom stereocenters. The molecule has 0 aliphatic carbocycles. The zero-order chi connectivity index (χ0) is 82.2. The molecule has 608 valence electrons. The van der Waals surface area contributed by atoms with E-state index in [4.69, 9.17) is 31.4 Å². The number of guanidine groups is 1. The summed E-state index contributed by atoms with van der Waals surface area (Å²) in [6.07, 6.45) is -10.7. The summed E-state index contributed by atoms with van der Waals surface area (Å²) in [6.45, 7) is 17.9. The van der Waals surface area contributed by atoms with Crippen LogP contribution in [0.5, 0.6) is 0 Å². The fraction of sp³-hybridized carbons (Fsp3) is 0.625. The molecule has 2 aromatic rings. The van der Waals surface area contributed by atoms with E-state index in [1.54, 1.807) is 99.6 Å². The molecule has 37 nitrogen and oxygen atoms in total. The maximum Gasteiger partial charge on any atom is 0.408 e. The average Bonchev–Trinajstić information content (AvgIpc) is 0.810. The minimum atomic E-state index is -2.63. The number of amides is 13. The summed E-state index contributed by atoms with van der Waals surface area (Å²) in [5.74, 6) is -17.9. The van der Waals surface area contributed by atoms with Crippen LogP contribution in [-0.2, 0) is 78.4 Å². The zero-order valence-electron chi connectivity index (χ0n) is 64.2. The standard InChI is InChI=1S/C72H114N16O21/c1-14-39(6)49-63(100)86-50(40(7)90)62(99)78-34-48(91)84-52(55(93)57(73)94)65(102)82-47(35-89)67(104)108-56(42-26-19-16-20-27-42)53(66(103)87-51(54(92)38(4)5)64(101)81-45(32-37(2)3)60(97)79-44(58(95)85-49)29-23-31-76-68(74)75)88-59(96)43(28-21-22-30-77-69(105)107-36-41-24-17-15-18-25-41)80-61(98)46(33-71(8,9)10)83-70(106)109-72(11,12)13/h15-20,24-27,37-40,43-47,49-56,89-90,92-93H,14,21-23,28-36H2,1-13H3,(H2,73,94)(H,77,105)(H,78,99)(H,79,97)(H,80,98)(H,81,101)(H,82,102)(H,83,106)(H,84,91)(H,85,95)(H,86,100)(H,87,103)(H,88,96)(H4,74,75,76)/t39-,40-,43-,44+,45-,46+,47-,49?,50?,51-,52-,53-,54+,55-,56+/m0/s1. The Bertz CT molecular complexity index is 3420. The van der Waals surface area contributed by atoms with Gasteiger partial charge < -0.3 is 116 Å². The monoisotopic (exact) mass is 1540 g/mol. The lowest BCUT2D eigenvalue weighted by Crippen LogP contribution is -2.64. The van der Waals surface area contributed by atoms with Crippen LogP contribution < -0.4 is 81.0 Å². The molecule has 2 aromatic carbocycles. The third-order valence-corrected chi connectivity index (χ3v) is 16.9. The van der Waals surface area contributed by atoms with Gasteiger partial charge in [0.1, 0.15) is 66.6 Å². The fourth-order valence-corrected chi connectivity index (χ4v) is 10.9. The highest BCUT2D eigenvalue weighted by Gasteiger charge is 2.44. The first-order valence-corrected chi connectivity index (χ1v) is 36.2. The smallest absolute Gasteiger partial charge is 0.408 e. The minimum absolute atomic E-state index is 0.00363. The lowest BCUT2D eigenvalue weighted by molar-refractivity contribution is -0.159. The van der Waals surface area contributed by atoms with Crippen molar-refractivity contribution in [1.29, 1.82) is 0 Å². The van der Waals surface area contributed by atoms with Crippen LogP contribution in [0.15, 0.2) is 65.7 Å². The van der Waals surface area contributed by atoms with Crippen molar-refractivity contribution in [3.05, 3.63) is 71.8 Å². The van der Waals surface area contributed by atoms with Crippen LogP contribution in [0, 0.1) is 23.2 Å². The highest BCUT2D eigenvalue weighted by Crippen LogP contribution is 2.26. The van der Waals surface area contributed by atoms with E-state index < -0.39 is 210 Å². The third-order valence-electron chi connectivity index (χ3n) is 16.9. The van der Waals surface area contributed by atoms with E-state index in [-0.39, 0.29) is 82.6 Å². The maximum atomic E-state index is 15.8. The van der Waals surface area contributed by atoms with Crippen LogP contribution in [0.1, 0.15) is 159 Å². The predicted octanol–water partition coefficient (Wildman–Crippen LogP) is -2.43. The first-order valence-electron chi connectivity index (χ1n) is 36.2. The molecule has 109 heavy (non-hydrogen) atoms. The summed E-state index contributed by atoms with van der Waals surface area (Å²) < 4.78 is 16.9. The van der Waals surface area contributed by atoms with Crippen molar-refractivity contribution < 1.29 is 102 Å². The molecular weight excluding hydrogens is 1420 g/mol. The predicted molar refractivity (Wildman–Crippen MR) is 395 cm³/mol. The number of aliphatic hydroxyl groups is 4. The normalized spacial score (nSPS) is 22.4. The van der Waals surface area contributed by atoms with Gasteiger partial charge in [-0.15, -0.1) is 0 Å². The molecule has 0 radical (unpaired) electrons. The number of benzene rings is 2. The van der Waals surface area contributed by atoms with E-state index in [1.165, 1.54) is 44.2 Å². The summed E-state index contributed by atoms with van der Waals surface area (Å²) in [4.78, 5) is 204. The Morgan fingerprint density at radius 3 is 1.76 bits per heavy atom. The quantitative estimate of drug-likeness (QED) is 0.0138. The highest BCUT2D eigenvalue weighted by atomic mass is 16.6.